The molecular formula is C15H13N5O2S. The molecule has 0 radical (unpaired) electrons. The number of amidine groups is 1. The molecule has 0 aliphatic heterocycles. The molecule has 2 aromatic heterocycles. The van der Waals surface area contributed by atoms with Crippen molar-refractivity contribution in [1.82, 2.24) is 20.4 Å². The Kier molecular flexibility index (Phi) is 4.15. The summed E-state index contributed by atoms with van der Waals surface area (Å²) >= 11 is 1.10. The second-order valence-electron chi connectivity index (χ2n) is 4.68. The fourth-order valence-electron chi connectivity index (χ4n) is 2.05. The smallest absolute Gasteiger partial charge is 0.289 e. The van der Waals surface area contributed by atoms with Crippen molar-refractivity contribution < 1.29 is 4.79 Å². The maximum Gasteiger partial charge on any atom is 0.308 e. The van der Waals surface area contributed by atoms with Crippen LogP contribution in [0.5, 0.6) is 0 Å². The van der Waals surface area contributed by atoms with Gasteiger partial charge < -0.3 is 0 Å². The number of amides is 1. The van der Waals surface area contributed by atoms with Gasteiger partial charge >= 0.3 is 4.87 Å². The van der Waals surface area contributed by atoms with Crippen molar-refractivity contribution in [2.24, 2.45) is 0 Å². The normalized spacial score (nSPS) is 10.4. The van der Waals surface area contributed by atoms with Gasteiger partial charge in [0, 0.05) is 6.20 Å². The summed E-state index contributed by atoms with van der Waals surface area (Å²) < 4.78 is 2.24. The Morgan fingerprint density at radius 3 is 2.74 bits per heavy atom. The van der Waals surface area contributed by atoms with Gasteiger partial charge in [-0.15, -0.1) is 0 Å². The first-order valence-electron chi connectivity index (χ1n) is 6.78. The van der Waals surface area contributed by atoms with Crippen LogP contribution in [0.15, 0.2) is 53.5 Å². The van der Waals surface area contributed by atoms with E-state index in [-0.39, 0.29) is 17.3 Å². The van der Waals surface area contributed by atoms with Crippen molar-refractivity contribution in [3.63, 3.8) is 0 Å². The van der Waals surface area contributed by atoms with E-state index in [1.165, 1.54) is 4.57 Å². The molecule has 3 aromatic rings. The zero-order valence-electron chi connectivity index (χ0n) is 11.9. The molecule has 0 unspecified atom stereocenters. The monoisotopic (exact) mass is 327 g/mol. The molecule has 116 valence electrons. The first-order chi connectivity index (χ1) is 11.1. The summed E-state index contributed by atoms with van der Waals surface area (Å²) in [4.78, 5) is 27.8. The third kappa shape index (κ3) is 3.27. The lowest BCUT2D eigenvalue weighted by Crippen LogP contribution is -2.44. The summed E-state index contributed by atoms with van der Waals surface area (Å²) in [6.45, 7) is -0.120. The van der Waals surface area contributed by atoms with Gasteiger partial charge in [0.25, 0.3) is 5.91 Å². The van der Waals surface area contributed by atoms with Gasteiger partial charge in [-0.25, -0.2) is 0 Å². The van der Waals surface area contributed by atoms with Crippen LogP contribution in [0.2, 0.25) is 0 Å². The van der Waals surface area contributed by atoms with Crippen LogP contribution in [0.4, 0.5) is 0 Å². The van der Waals surface area contributed by atoms with Crippen LogP contribution in [0.1, 0.15) is 5.69 Å². The molecule has 0 aliphatic rings. The second-order valence-corrected chi connectivity index (χ2v) is 5.68. The molecule has 3 N–H and O–H groups in total. The molecule has 0 atom stereocenters. The van der Waals surface area contributed by atoms with Crippen LogP contribution in [0, 0.1) is 5.41 Å². The Morgan fingerprint density at radius 1 is 1.17 bits per heavy atom. The average molecular weight is 327 g/mol. The highest BCUT2D eigenvalue weighted by Crippen LogP contribution is 2.15. The molecule has 1 amide bonds. The molecule has 0 saturated heterocycles. The molecule has 7 nitrogen and oxygen atoms in total. The van der Waals surface area contributed by atoms with Crippen LogP contribution in [0.25, 0.3) is 10.2 Å². The lowest BCUT2D eigenvalue weighted by Gasteiger charge is -2.09. The molecule has 1 aromatic carbocycles. The van der Waals surface area contributed by atoms with E-state index in [0.29, 0.717) is 5.69 Å². The zero-order chi connectivity index (χ0) is 16.2. The number of hydrogen-bond acceptors (Lipinski definition) is 5. The van der Waals surface area contributed by atoms with E-state index in [1.807, 2.05) is 18.2 Å². The minimum Gasteiger partial charge on any atom is -0.289 e. The van der Waals surface area contributed by atoms with Gasteiger partial charge in [-0.1, -0.05) is 29.5 Å². The number of benzene rings is 1. The van der Waals surface area contributed by atoms with Gasteiger partial charge in [-0.3, -0.25) is 35.4 Å². The Hall–Kier alpha value is -3.00. The first kappa shape index (κ1) is 14.9. The highest BCUT2D eigenvalue weighted by atomic mass is 32.1. The number of hydrogen-bond donors (Lipinski definition) is 3. The molecule has 2 heterocycles. The lowest BCUT2D eigenvalue weighted by molar-refractivity contribution is -0.122. The fraction of sp³-hybridized carbons (Fsp3) is 0.0667. The Morgan fingerprint density at radius 2 is 1.96 bits per heavy atom. The number of pyridine rings is 1. The number of hydrazine groups is 1. The number of para-hydroxylation sites is 1. The summed E-state index contributed by atoms with van der Waals surface area (Å²) in [6, 6.07) is 12.4. The molecule has 0 bridgehead atoms. The third-order valence-corrected chi connectivity index (χ3v) is 4.08. The van der Waals surface area contributed by atoms with Gasteiger partial charge in [-0.05, 0) is 24.3 Å². The number of fused-ring (bicyclic) bond motifs is 1. The molecule has 23 heavy (non-hydrogen) atoms. The van der Waals surface area contributed by atoms with Gasteiger partial charge in [0.2, 0.25) is 0 Å². The van der Waals surface area contributed by atoms with Gasteiger partial charge in [-0.2, -0.15) is 0 Å². The van der Waals surface area contributed by atoms with Gasteiger partial charge in [0.15, 0.2) is 5.84 Å². The Balaban J connectivity index is 1.66. The molecule has 0 aliphatic carbocycles. The quantitative estimate of drug-likeness (QED) is 0.381. The van der Waals surface area contributed by atoms with Crippen molar-refractivity contribution in [3.05, 3.63) is 64.0 Å². The van der Waals surface area contributed by atoms with Crippen LogP contribution >= 0.6 is 11.3 Å². The minimum atomic E-state index is -0.420. The number of carbonyl (C=O) groups is 1. The van der Waals surface area contributed by atoms with Crippen molar-refractivity contribution in [2.45, 2.75) is 6.54 Å². The topological polar surface area (TPSA) is 99.9 Å². The Labute approximate surface area is 135 Å². The van der Waals surface area contributed by atoms with Crippen LogP contribution < -0.4 is 15.7 Å². The largest absolute Gasteiger partial charge is 0.308 e. The van der Waals surface area contributed by atoms with Crippen LogP contribution in [-0.4, -0.2) is 21.3 Å². The van der Waals surface area contributed by atoms with Gasteiger partial charge in [0.1, 0.15) is 12.2 Å². The fourth-order valence-corrected chi connectivity index (χ4v) is 2.94. The number of carbonyl (C=O) groups excluding carboxylic acids is 1. The predicted molar refractivity (Wildman–Crippen MR) is 88.4 cm³/mol. The number of thiazole rings is 1. The SMILES string of the molecule is N=C(NNC(=O)Cn1c(=O)sc2ccccc21)c1ccccn1. The van der Waals surface area contributed by atoms with Crippen molar-refractivity contribution in [1.29, 1.82) is 5.41 Å². The number of nitrogens with zero attached hydrogens (tertiary/aromatic N) is 2. The summed E-state index contributed by atoms with van der Waals surface area (Å²) in [5.74, 6) is -0.446. The third-order valence-electron chi connectivity index (χ3n) is 3.12. The minimum absolute atomic E-state index is 0.0264. The van der Waals surface area contributed by atoms with Crippen LogP contribution in [-0.2, 0) is 11.3 Å². The maximum absolute atomic E-state index is 12.0. The number of nitrogens with one attached hydrogen (secondary N) is 3. The molecule has 0 fully saturated rings. The Bertz CT molecular complexity index is 916. The van der Waals surface area contributed by atoms with E-state index in [9.17, 15) is 9.59 Å². The molecule has 0 saturated carbocycles. The average Bonchev–Trinajstić information content (AvgIpc) is 2.89. The van der Waals surface area contributed by atoms with E-state index in [0.717, 1.165) is 21.6 Å². The van der Waals surface area contributed by atoms with E-state index in [1.54, 1.807) is 30.5 Å². The number of rotatable bonds is 3. The van der Waals surface area contributed by atoms with E-state index in [2.05, 4.69) is 15.8 Å². The second kappa shape index (κ2) is 6.41. The summed E-state index contributed by atoms with van der Waals surface area (Å²) in [5.41, 5.74) is 6.02. The first-order valence-corrected chi connectivity index (χ1v) is 7.60. The van der Waals surface area contributed by atoms with E-state index >= 15 is 0 Å². The maximum atomic E-state index is 12.0. The molecule has 0 spiro atoms. The summed E-state index contributed by atoms with van der Waals surface area (Å²) in [6.07, 6.45) is 1.56. The number of aromatic nitrogens is 2. The predicted octanol–water partition coefficient (Wildman–Crippen LogP) is 1.10. The lowest BCUT2D eigenvalue weighted by atomic mass is 10.3. The van der Waals surface area contributed by atoms with Gasteiger partial charge in [0.05, 0.1) is 10.2 Å². The van der Waals surface area contributed by atoms with E-state index in [4.69, 9.17) is 5.41 Å². The molecule has 8 heteroatoms. The highest BCUT2D eigenvalue weighted by molar-refractivity contribution is 7.16. The molecular weight excluding hydrogens is 314 g/mol. The summed E-state index contributed by atoms with van der Waals surface area (Å²) in [7, 11) is 0. The zero-order valence-corrected chi connectivity index (χ0v) is 12.8. The van der Waals surface area contributed by atoms with Crippen molar-refractivity contribution in [3.8, 4) is 0 Å². The summed E-state index contributed by atoms with van der Waals surface area (Å²) in [5, 5.41) is 7.79. The van der Waals surface area contributed by atoms with Crippen LogP contribution in [0.3, 0.4) is 0 Å². The van der Waals surface area contributed by atoms with Crippen molar-refractivity contribution in [2.75, 3.05) is 0 Å². The van der Waals surface area contributed by atoms with Crippen molar-refractivity contribution >= 4 is 33.3 Å². The molecule has 3 rings (SSSR count). The standard InChI is InChI=1S/C15H13N5O2S/c16-14(10-5-3-4-8-17-10)19-18-13(21)9-20-11-6-1-2-7-12(11)23-15(20)22/h1-8H,9H2,(H2,16,19)(H,18,21). The van der Waals surface area contributed by atoms with E-state index < -0.39 is 5.91 Å². The highest BCUT2D eigenvalue weighted by Gasteiger charge is 2.11.